The van der Waals surface area contributed by atoms with Crippen LogP contribution in [0.1, 0.15) is 58.4 Å². The number of thiol groups is 1. The van der Waals surface area contributed by atoms with E-state index in [1.54, 1.807) is 0 Å². The van der Waals surface area contributed by atoms with Crippen molar-refractivity contribution >= 4 is 12.6 Å². The fourth-order valence-corrected chi connectivity index (χ4v) is 3.51. The molecule has 0 spiro atoms. The standard InChI is InChI=1S/C15H26N2OS/c1-3-7-15(12-19,8-4-2)11-16-9-10-17(14(16)18)13-5-6-13/h9-10,13,19H,3-8,11-12H2,1-2H3. The molecular weight excluding hydrogens is 256 g/mol. The summed E-state index contributed by atoms with van der Waals surface area (Å²) < 4.78 is 3.81. The van der Waals surface area contributed by atoms with Gasteiger partial charge in [-0.15, -0.1) is 0 Å². The topological polar surface area (TPSA) is 26.9 Å². The average Bonchev–Trinajstić information content (AvgIpc) is 3.17. The second-order valence-corrected chi connectivity index (χ2v) is 6.32. The number of imidazole rings is 1. The maximum absolute atomic E-state index is 12.4. The fraction of sp³-hybridized carbons (Fsp3) is 0.800. The molecule has 19 heavy (non-hydrogen) atoms. The second kappa shape index (κ2) is 6.21. The SMILES string of the molecule is CCCC(CS)(CCC)Cn1ccn(C2CC2)c1=O. The molecule has 0 aliphatic heterocycles. The second-order valence-electron chi connectivity index (χ2n) is 6.01. The van der Waals surface area contributed by atoms with Crippen molar-refractivity contribution in [1.82, 2.24) is 9.13 Å². The van der Waals surface area contributed by atoms with Gasteiger partial charge in [0.25, 0.3) is 0 Å². The molecule has 0 aromatic carbocycles. The molecule has 4 heteroatoms. The lowest BCUT2D eigenvalue weighted by Gasteiger charge is -2.32. The summed E-state index contributed by atoms with van der Waals surface area (Å²) in [6.07, 6.45) is 10.8. The Morgan fingerprint density at radius 1 is 1.26 bits per heavy atom. The molecule has 1 aliphatic rings. The van der Waals surface area contributed by atoms with Gasteiger partial charge in [-0.05, 0) is 36.9 Å². The van der Waals surface area contributed by atoms with Crippen LogP contribution in [0.5, 0.6) is 0 Å². The van der Waals surface area contributed by atoms with Crippen molar-refractivity contribution in [3.05, 3.63) is 22.9 Å². The molecule has 0 atom stereocenters. The lowest BCUT2D eigenvalue weighted by atomic mass is 9.81. The molecule has 1 fully saturated rings. The van der Waals surface area contributed by atoms with Gasteiger partial charge in [-0.25, -0.2) is 4.79 Å². The van der Waals surface area contributed by atoms with Gasteiger partial charge >= 0.3 is 5.69 Å². The number of aromatic nitrogens is 2. The first-order valence-corrected chi connectivity index (χ1v) is 8.17. The van der Waals surface area contributed by atoms with E-state index in [1.807, 2.05) is 21.5 Å². The van der Waals surface area contributed by atoms with Crippen LogP contribution in [0.25, 0.3) is 0 Å². The van der Waals surface area contributed by atoms with E-state index in [2.05, 4.69) is 26.5 Å². The van der Waals surface area contributed by atoms with E-state index in [0.717, 1.165) is 50.8 Å². The van der Waals surface area contributed by atoms with E-state index < -0.39 is 0 Å². The molecule has 1 saturated carbocycles. The minimum Gasteiger partial charge on any atom is -0.299 e. The Morgan fingerprint density at radius 2 is 1.89 bits per heavy atom. The zero-order chi connectivity index (χ0) is 13.9. The first kappa shape index (κ1) is 14.8. The van der Waals surface area contributed by atoms with E-state index in [0.29, 0.717) is 6.04 Å². The molecule has 1 aromatic rings. The molecule has 108 valence electrons. The van der Waals surface area contributed by atoms with Crippen LogP contribution in [0.3, 0.4) is 0 Å². The first-order chi connectivity index (χ1) is 9.15. The highest BCUT2D eigenvalue weighted by Crippen LogP contribution is 2.35. The van der Waals surface area contributed by atoms with Crippen molar-refractivity contribution < 1.29 is 0 Å². The molecule has 1 heterocycles. The molecular formula is C15H26N2OS. The third kappa shape index (κ3) is 3.28. The van der Waals surface area contributed by atoms with Gasteiger partial charge in [0.15, 0.2) is 0 Å². The fourth-order valence-electron chi connectivity index (χ4n) is 3.09. The van der Waals surface area contributed by atoms with Gasteiger partial charge < -0.3 is 0 Å². The van der Waals surface area contributed by atoms with Gasteiger partial charge in [-0.2, -0.15) is 12.6 Å². The van der Waals surface area contributed by atoms with Crippen LogP contribution in [0.15, 0.2) is 17.2 Å². The van der Waals surface area contributed by atoms with Crippen molar-refractivity contribution in [2.45, 2.75) is 65.0 Å². The summed E-state index contributed by atoms with van der Waals surface area (Å²) in [5.41, 5.74) is 0.340. The monoisotopic (exact) mass is 282 g/mol. The van der Waals surface area contributed by atoms with Crippen LogP contribution < -0.4 is 5.69 Å². The summed E-state index contributed by atoms with van der Waals surface area (Å²) in [6.45, 7) is 5.24. The van der Waals surface area contributed by atoms with Crippen LogP contribution >= 0.6 is 12.6 Å². The number of hydrogen-bond donors (Lipinski definition) is 1. The normalized spacial score (nSPS) is 15.9. The summed E-state index contributed by atoms with van der Waals surface area (Å²) in [4.78, 5) is 12.4. The van der Waals surface area contributed by atoms with Gasteiger partial charge in [0.05, 0.1) is 0 Å². The average molecular weight is 282 g/mol. The Balaban J connectivity index is 2.18. The van der Waals surface area contributed by atoms with Crippen molar-refractivity contribution in [1.29, 1.82) is 0 Å². The zero-order valence-electron chi connectivity index (χ0n) is 12.1. The number of rotatable bonds is 8. The summed E-state index contributed by atoms with van der Waals surface area (Å²) >= 11 is 4.57. The van der Waals surface area contributed by atoms with Gasteiger partial charge in [0.2, 0.25) is 0 Å². The largest absolute Gasteiger partial charge is 0.328 e. The highest BCUT2D eigenvalue weighted by molar-refractivity contribution is 7.80. The summed E-state index contributed by atoms with van der Waals surface area (Å²) in [7, 11) is 0. The molecule has 0 N–H and O–H groups in total. The molecule has 3 nitrogen and oxygen atoms in total. The van der Waals surface area contributed by atoms with Crippen molar-refractivity contribution in [3.8, 4) is 0 Å². The summed E-state index contributed by atoms with van der Waals surface area (Å²) in [5, 5.41) is 0. The van der Waals surface area contributed by atoms with Crippen LogP contribution in [0.2, 0.25) is 0 Å². The first-order valence-electron chi connectivity index (χ1n) is 7.54. The van der Waals surface area contributed by atoms with Crippen LogP contribution in [-0.2, 0) is 6.54 Å². The van der Waals surface area contributed by atoms with E-state index in [4.69, 9.17) is 0 Å². The minimum absolute atomic E-state index is 0.167. The molecule has 0 amide bonds. The Hall–Kier alpha value is -0.640. The van der Waals surface area contributed by atoms with Crippen molar-refractivity contribution in [3.63, 3.8) is 0 Å². The predicted molar refractivity (Wildman–Crippen MR) is 83.1 cm³/mol. The van der Waals surface area contributed by atoms with E-state index >= 15 is 0 Å². The molecule has 1 aliphatic carbocycles. The summed E-state index contributed by atoms with van der Waals surface area (Å²) in [6, 6.07) is 0.469. The quantitative estimate of drug-likeness (QED) is 0.726. The van der Waals surface area contributed by atoms with Crippen molar-refractivity contribution in [2.24, 2.45) is 5.41 Å². The van der Waals surface area contributed by atoms with Gasteiger partial charge in [-0.3, -0.25) is 9.13 Å². The highest BCUT2D eigenvalue weighted by Gasteiger charge is 2.30. The molecule has 2 rings (SSSR count). The molecule has 0 radical (unpaired) electrons. The molecule has 0 unspecified atom stereocenters. The maximum Gasteiger partial charge on any atom is 0.328 e. The molecule has 1 aromatic heterocycles. The van der Waals surface area contributed by atoms with Crippen LogP contribution in [-0.4, -0.2) is 14.9 Å². The van der Waals surface area contributed by atoms with Gasteiger partial charge in [0, 0.05) is 25.0 Å². The lowest BCUT2D eigenvalue weighted by Crippen LogP contribution is -2.34. The van der Waals surface area contributed by atoms with Crippen molar-refractivity contribution in [2.75, 3.05) is 5.75 Å². The van der Waals surface area contributed by atoms with Crippen LogP contribution in [0.4, 0.5) is 0 Å². The van der Waals surface area contributed by atoms with E-state index in [-0.39, 0.29) is 11.1 Å². The number of hydrogen-bond acceptors (Lipinski definition) is 2. The molecule has 0 bridgehead atoms. The zero-order valence-corrected chi connectivity index (χ0v) is 13.0. The summed E-state index contributed by atoms with van der Waals surface area (Å²) in [5.74, 6) is 0.857. The van der Waals surface area contributed by atoms with Gasteiger partial charge in [0.1, 0.15) is 0 Å². The lowest BCUT2D eigenvalue weighted by molar-refractivity contribution is 0.228. The third-order valence-corrected chi connectivity index (χ3v) is 4.89. The van der Waals surface area contributed by atoms with E-state index in [1.165, 1.54) is 0 Å². The maximum atomic E-state index is 12.4. The van der Waals surface area contributed by atoms with Gasteiger partial charge in [-0.1, -0.05) is 26.7 Å². The Morgan fingerprint density at radius 3 is 2.37 bits per heavy atom. The Bertz CT molecular complexity index is 453. The third-order valence-electron chi connectivity index (χ3n) is 4.22. The predicted octanol–water partition coefficient (Wildman–Crippen LogP) is 3.50. The minimum atomic E-state index is 0.167. The Labute approximate surface area is 121 Å². The smallest absolute Gasteiger partial charge is 0.299 e. The number of nitrogens with zero attached hydrogens (tertiary/aromatic N) is 2. The van der Waals surface area contributed by atoms with E-state index in [9.17, 15) is 4.79 Å². The Kier molecular flexibility index (Phi) is 4.82. The van der Waals surface area contributed by atoms with Crippen LogP contribution in [0, 0.1) is 5.41 Å². The molecule has 0 saturated heterocycles. The highest BCUT2D eigenvalue weighted by atomic mass is 32.1.